The van der Waals surface area contributed by atoms with E-state index in [0.717, 1.165) is 34.9 Å². The van der Waals surface area contributed by atoms with Crippen LogP contribution in [-0.4, -0.2) is 44.0 Å². The predicted octanol–water partition coefficient (Wildman–Crippen LogP) is -0.0337. The number of aliphatic carboxylic acids is 1. The van der Waals surface area contributed by atoms with Gasteiger partial charge in [0, 0.05) is 6.92 Å². The van der Waals surface area contributed by atoms with Gasteiger partial charge in [-0.2, -0.15) is 0 Å². The van der Waals surface area contributed by atoms with Crippen LogP contribution in [0.15, 0.2) is 24.5 Å². The van der Waals surface area contributed by atoms with Gasteiger partial charge < -0.3 is 5.11 Å². The zero-order chi connectivity index (χ0) is 8.69. The molecule has 11 heavy (non-hydrogen) atoms. The summed E-state index contributed by atoms with van der Waals surface area (Å²) >= 11 is 1.11. The molecule has 54 valence electrons. The van der Waals surface area contributed by atoms with E-state index in [1.165, 1.54) is 2.81 Å². The second-order valence-electron chi connectivity index (χ2n) is 2.05. The fourth-order valence-electron chi connectivity index (χ4n) is 0.448. The van der Waals surface area contributed by atoms with E-state index in [0.29, 0.717) is 0 Å². The number of carbonyl (C=O) groups is 1. The Morgan fingerprint density at radius 3 is 2.45 bits per heavy atom. The summed E-state index contributed by atoms with van der Waals surface area (Å²) in [5, 5.41) is 7.42. The topological polar surface area (TPSA) is 50.2 Å². The van der Waals surface area contributed by atoms with Gasteiger partial charge in [0.25, 0.3) is 5.97 Å². The first-order valence-corrected chi connectivity index (χ1v) is 4.19. The van der Waals surface area contributed by atoms with E-state index in [2.05, 4.69) is 11.1 Å². The molecule has 0 spiro atoms. The number of aromatic nitrogens is 1. The summed E-state index contributed by atoms with van der Waals surface area (Å²) < 4.78 is 1.35. The van der Waals surface area contributed by atoms with Crippen LogP contribution in [0.3, 0.4) is 0 Å². The normalized spacial score (nSPS) is 7.91. The van der Waals surface area contributed by atoms with Crippen molar-refractivity contribution in [3.8, 4) is 0 Å². The van der Waals surface area contributed by atoms with Crippen molar-refractivity contribution in [3.63, 3.8) is 0 Å². The molecule has 0 amide bonds. The first-order chi connectivity index (χ1) is 5.13. The van der Waals surface area contributed by atoms with E-state index < -0.39 is 5.97 Å². The molecular formula is C7H8NNaO2. The predicted molar refractivity (Wildman–Crippen MR) is 42.9 cm³/mol. The van der Waals surface area contributed by atoms with Crippen LogP contribution in [0.1, 0.15) is 6.92 Å². The summed E-state index contributed by atoms with van der Waals surface area (Å²) in [6.07, 6.45) is 3.69. The van der Waals surface area contributed by atoms with Crippen LogP contribution in [0.4, 0.5) is 0 Å². The molecule has 0 radical (unpaired) electrons. The third kappa shape index (κ3) is 9.62. The number of nitrogens with zero attached hydrogens (tertiary/aromatic N) is 1. The van der Waals surface area contributed by atoms with Crippen molar-refractivity contribution in [2.75, 3.05) is 0 Å². The van der Waals surface area contributed by atoms with Gasteiger partial charge in [-0.25, -0.2) is 0 Å². The number of pyridine rings is 1. The van der Waals surface area contributed by atoms with Crippen molar-refractivity contribution < 1.29 is 9.90 Å². The summed E-state index contributed by atoms with van der Waals surface area (Å²) in [7, 11) is 0. The Balaban J connectivity index is 0.000000218. The molecular weight excluding hydrogens is 153 g/mol. The quantitative estimate of drug-likeness (QED) is 0.543. The molecule has 0 fully saturated rings. The minimum atomic E-state index is -0.833. The zero-order valence-electron chi connectivity index (χ0n) is 6.61. The summed E-state index contributed by atoms with van der Waals surface area (Å²) in [5.41, 5.74) is 0. The molecule has 1 aromatic heterocycles. The third-order valence-electron chi connectivity index (χ3n) is 0.809. The average molecular weight is 161 g/mol. The van der Waals surface area contributed by atoms with Gasteiger partial charge in [0.1, 0.15) is 0 Å². The number of rotatable bonds is 0. The monoisotopic (exact) mass is 161 g/mol. The molecule has 0 atom stereocenters. The molecule has 0 bridgehead atoms. The van der Waals surface area contributed by atoms with Crippen molar-refractivity contribution in [2.45, 2.75) is 6.92 Å². The second-order valence-corrected chi connectivity index (χ2v) is 3.20. The van der Waals surface area contributed by atoms with Crippen LogP contribution in [-0.2, 0) is 4.79 Å². The molecule has 1 aromatic rings. The molecule has 0 saturated carbocycles. The zero-order valence-corrected chi connectivity index (χ0v) is 8.61. The first-order valence-electron chi connectivity index (χ1n) is 3.19. The minimum absolute atomic E-state index is 0.833. The van der Waals surface area contributed by atoms with Gasteiger partial charge in [0.2, 0.25) is 0 Å². The maximum atomic E-state index is 9.00. The first kappa shape index (κ1) is 10.6. The van der Waals surface area contributed by atoms with E-state index in [-0.39, 0.29) is 0 Å². The van der Waals surface area contributed by atoms with Crippen molar-refractivity contribution >= 4 is 36.7 Å². The SMILES string of the molecule is CC(=O)O.[Na][c]1cccnc1. The molecule has 1 rings (SSSR count). The van der Waals surface area contributed by atoms with E-state index in [1.54, 1.807) is 6.20 Å². The number of hydrogen-bond acceptors (Lipinski definition) is 2. The standard InChI is InChI=1S/C5H4N.C2H4O2.Na/c1-2-4-6-5-3-1;1-2(3)4;/h1-2,4-5H;1H3,(H,3,4);. The molecule has 4 heteroatoms. The van der Waals surface area contributed by atoms with Gasteiger partial charge in [-0.15, -0.1) is 0 Å². The van der Waals surface area contributed by atoms with Crippen molar-refractivity contribution in [2.24, 2.45) is 0 Å². The van der Waals surface area contributed by atoms with E-state index in [9.17, 15) is 0 Å². The van der Waals surface area contributed by atoms with Crippen LogP contribution in [0.5, 0.6) is 0 Å². The molecule has 3 nitrogen and oxygen atoms in total. The summed E-state index contributed by atoms with van der Waals surface area (Å²) in [4.78, 5) is 12.9. The Labute approximate surface area is 82.9 Å². The Bertz CT molecular complexity index is 209. The Hall–Kier alpha value is -0.380. The van der Waals surface area contributed by atoms with E-state index in [1.807, 2.05) is 12.3 Å². The van der Waals surface area contributed by atoms with Crippen molar-refractivity contribution in [1.82, 2.24) is 4.98 Å². The van der Waals surface area contributed by atoms with Crippen LogP contribution < -0.4 is 2.81 Å². The summed E-state index contributed by atoms with van der Waals surface area (Å²) in [6, 6.07) is 4.04. The fraction of sp³-hybridized carbons (Fsp3) is 0.143. The molecule has 0 saturated heterocycles. The Morgan fingerprint density at radius 2 is 2.27 bits per heavy atom. The van der Waals surface area contributed by atoms with Crippen molar-refractivity contribution in [3.05, 3.63) is 24.5 Å². The maximum absolute atomic E-state index is 9.00. The van der Waals surface area contributed by atoms with Gasteiger partial charge in [0.05, 0.1) is 0 Å². The van der Waals surface area contributed by atoms with Crippen molar-refractivity contribution in [1.29, 1.82) is 0 Å². The van der Waals surface area contributed by atoms with Gasteiger partial charge in [-0.3, -0.25) is 4.79 Å². The molecule has 0 aliphatic heterocycles. The van der Waals surface area contributed by atoms with Crippen LogP contribution in [0.2, 0.25) is 0 Å². The fourth-order valence-corrected chi connectivity index (χ4v) is 0.790. The van der Waals surface area contributed by atoms with Crippen LogP contribution >= 0.6 is 0 Å². The number of carboxylic acid groups (broad SMARTS) is 1. The molecule has 0 aromatic carbocycles. The Kier molecular flexibility index (Phi) is 6.12. The summed E-state index contributed by atoms with van der Waals surface area (Å²) in [6.45, 7) is 1.08. The average Bonchev–Trinajstić information content (AvgIpc) is 1.87. The van der Waals surface area contributed by atoms with Gasteiger partial charge in [-0.05, 0) is 0 Å². The van der Waals surface area contributed by atoms with Crippen LogP contribution in [0.25, 0.3) is 0 Å². The van der Waals surface area contributed by atoms with Gasteiger partial charge >= 0.3 is 60.3 Å². The Morgan fingerprint density at radius 1 is 1.73 bits per heavy atom. The number of carboxylic acids is 1. The van der Waals surface area contributed by atoms with Gasteiger partial charge in [0.15, 0.2) is 0 Å². The second kappa shape index (κ2) is 6.34. The molecule has 0 unspecified atom stereocenters. The van der Waals surface area contributed by atoms with Gasteiger partial charge in [-0.1, -0.05) is 0 Å². The molecule has 0 aliphatic carbocycles. The summed E-state index contributed by atoms with van der Waals surface area (Å²) in [5.74, 6) is -0.833. The number of hydrogen-bond donors (Lipinski definition) is 1. The van der Waals surface area contributed by atoms with Crippen LogP contribution in [0, 0.1) is 0 Å². The molecule has 1 heterocycles. The molecule has 1 N–H and O–H groups in total. The third-order valence-corrected chi connectivity index (χ3v) is 1.40. The van der Waals surface area contributed by atoms with E-state index in [4.69, 9.17) is 9.90 Å². The van der Waals surface area contributed by atoms with E-state index >= 15 is 0 Å². The molecule has 0 aliphatic rings.